The van der Waals surface area contributed by atoms with Crippen LogP contribution in [0.2, 0.25) is 0 Å². The summed E-state index contributed by atoms with van der Waals surface area (Å²) >= 11 is 0. The van der Waals surface area contributed by atoms with Gasteiger partial charge in [0.05, 0.1) is 18.2 Å². The molecule has 1 fully saturated rings. The van der Waals surface area contributed by atoms with Crippen molar-refractivity contribution >= 4 is 23.2 Å². The van der Waals surface area contributed by atoms with E-state index in [1.54, 1.807) is 24.3 Å². The van der Waals surface area contributed by atoms with Crippen LogP contribution < -0.4 is 15.0 Å². The third-order valence-electron chi connectivity index (χ3n) is 4.31. The Bertz CT molecular complexity index is 840. The van der Waals surface area contributed by atoms with Crippen molar-refractivity contribution in [1.29, 1.82) is 0 Å². The number of amides is 2. The second-order valence-corrected chi connectivity index (χ2v) is 6.36. The van der Waals surface area contributed by atoms with Crippen LogP contribution in [0.25, 0.3) is 0 Å². The van der Waals surface area contributed by atoms with Crippen LogP contribution in [-0.4, -0.2) is 25.0 Å². The lowest BCUT2D eigenvalue weighted by atomic mass is 10.1. The topological polar surface area (TPSA) is 58.6 Å². The van der Waals surface area contributed by atoms with Gasteiger partial charge in [0.2, 0.25) is 11.8 Å². The second kappa shape index (κ2) is 8.16. The molecule has 1 atom stereocenters. The third-order valence-corrected chi connectivity index (χ3v) is 4.31. The number of nitrogens with zero attached hydrogens (tertiary/aromatic N) is 1. The van der Waals surface area contributed by atoms with Crippen LogP contribution in [0.1, 0.15) is 19.8 Å². The molecule has 1 saturated heterocycles. The number of carbonyl (C=O) groups excluding carboxylic acids is 2. The van der Waals surface area contributed by atoms with Crippen LogP contribution in [-0.2, 0) is 9.59 Å². The first-order chi connectivity index (χ1) is 13.0. The molecule has 3 rings (SSSR count). The smallest absolute Gasteiger partial charge is 0.229 e. The summed E-state index contributed by atoms with van der Waals surface area (Å²) in [5.41, 5.74) is 0.567. The maximum atomic E-state index is 13.7. The van der Waals surface area contributed by atoms with E-state index < -0.39 is 23.5 Å². The van der Waals surface area contributed by atoms with Crippen LogP contribution in [0, 0.1) is 17.6 Å². The number of anilines is 2. The Morgan fingerprint density at radius 1 is 1.22 bits per heavy atom. The lowest BCUT2D eigenvalue weighted by Crippen LogP contribution is -2.28. The van der Waals surface area contributed by atoms with Gasteiger partial charge in [0.25, 0.3) is 0 Å². The van der Waals surface area contributed by atoms with E-state index in [2.05, 4.69) is 5.32 Å². The number of hydrogen-bond donors (Lipinski definition) is 1. The number of rotatable bonds is 6. The van der Waals surface area contributed by atoms with Gasteiger partial charge in [-0.15, -0.1) is 0 Å². The molecule has 0 radical (unpaired) electrons. The fourth-order valence-electron chi connectivity index (χ4n) is 2.90. The summed E-state index contributed by atoms with van der Waals surface area (Å²) in [6.07, 6.45) is 0.931. The molecular formula is C20H20F2N2O3. The van der Waals surface area contributed by atoms with Gasteiger partial charge in [-0.3, -0.25) is 9.59 Å². The normalized spacial score (nSPS) is 16.5. The van der Waals surface area contributed by atoms with Crippen LogP contribution in [0.3, 0.4) is 0 Å². The highest BCUT2D eigenvalue weighted by atomic mass is 19.1. The summed E-state index contributed by atoms with van der Waals surface area (Å²) in [5, 5.41) is 2.42. The molecule has 0 spiro atoms. The van der Waals surface area contributed by atoms with Gasteiger partial charge in [-0.05, 0) is 42.8 Å². The van der Waals surface area contributed by atoms with Gasteiger partial charge >= 0.3 is 0 Å². The van der Waals surface area contributed by atoms with Crippen molar-refractivity contribution in [2.75, 3.05) is 23.4 Å². The van der Waals surface area contributed by atoms with Gasteiger partial charge in [0.1, 0.15) is 17.4 Å². The maximum Gasteiger partial charge on any atom is 0.229 e. The van der Waals surface area contributed by atoms with Gasteiger partial charge < -0.3 is 15.0 Å². The van der Waals surface area contributed by atoms with Crippen molar-refractivity contribution in [3.05, 3.63) is 54.1 Å². The van der Waals surface area contributed by atoms with Crippen LogP contribution in [0.5, 0.6) is 5.75 Å². The van der Waals surface area contributed by atoms with E-state index in [1.165, 1.54) is 4.90 Å². The molecule has 0 aliphatic carbocycles. The molecule has 0 unspecified atom stereocenters. The van der Waals surface area contributed by atoms with Crippen LogP contribution >= 0.6 is 0 Å². The second-order valence-electron chi connectivity index (χ2n) is 6.36. The molecule has 0 saturated carbocycles. The predicted molar refractivity (Wildman–Crippen MR) is 97.7 cm³/mol. The first-order valence-electron chi connectivity index (χ1n) is 8.77. The third kappa shape index (κ3) is 4.42. The molecule has 142 valence electrons. The van der Waals surface area contributed by atoms with Crippen molar-refractivity contribution in [3.63, 3.8) is 0 Å². The van der Waals surface area contributed by atoms with E-state index in [1.807, 2.05) is 6.92 Å². The fourth-order valence-corrected chi connectivity index (χ4v) is 2.90. The largest absolute Gasteiger partial charge is 0.494 e. The van der Waals surface area contributed by atoms with E-state index >= 15 is 0 Å². The summed E-state index contributed by atoms with van der Waals surface area (Å²) < 4.78 is 32.2. The van der Waals surface area contributed by atoms with Gasteiger partial charge in [-0.1, -0.05) is 6.92 Å². The van der Waals surface area contributed by atoms with E-state index in [4.69, 9.17) is 4.74 Å². The van der Waals surface area contributed by atoms with Crippen molar-refractivity contribution in [1.82, 2.24) is 0 Å². The highest BCUT2D eigenvalue weighted by Gasteiger charge is 2.35. The minimum Gasteiger partial charge on any atom is -0.494 e. The number of hydrogen-bond acceptors (Lipinski definition) is 3. The molecule has 0 bridgehead atoms. The van der Waals surface area contributed by atoms with E-state index in [9.17, 15) is 18.4 Å². The number of benzene rings is 2. The zero-order valence-corrected chi connectivity index (χ0v) is 14.9. The molecule has 5 nitrogen and oxygen atoms in total. The Morgan fingerprint density at radius 2 is 1.96 bits per heavy atom. The molecule has 2 aromatic carbocycles. The molecular weight excluding hydrogens is 354 g/mol. The standard InChI is InChI=1S/C20H20F2N2O3/c1-2-9-27-16-6-4-15(5-7-16)24-12-13(10-19(24)25)20(26)23-18-8-3-14(21)11-17(18)22/h3-8,11,13H,2,9-10,12H2,1H3,(H,23,26)/t13-/m0/s1. The zero-order valence-electron chi connectivity index (χ0n) is 14.9. The summed E-state index contributed by atoms with van der Waals surface area (Å²) in [4.78, 5) is 26.2. The monoisotopic (exact) mass is 374 g/mol. The Hall–Kier alpha value is -2.96. The van der Waals surface area contributed by atoms with Crippen molar-refractivity contribution in [3.8, 4) is 5.75 Å². The van der Waals surface area contributed by atoms with Crippen LogP contribution in [0.15, 0.2) is 42.5 Å². The SMILES string of the molecule is CCCOc1ccc(N2C[C@@H](C(=O)Nc3ccc(F)cc3F)CC2=O)cc1. The average molecular weight is 374 g/mol. The summed E-state index contributed by atoms with van der Waals surface area (Å²) in [6.45, 7) is 2.83. The Balaban J connectivity index is 1.65. The molecule has 7 heteroatoms. The van der Waals surface area contributed by atoms with Gasteiger partial charge in [0.15, 0.2) is 0 Å². The number of carbonyl (C=O) groups is 2. The molecule has 1 aliphatic rings. The summed E-state index contributed by atoms with van der Waals surface area (Å²) in [5.74, 6) is -2.13. The van der Waals surface area contributed by atoms with E-state index in [0.29, 0.717) is 24.1 Å². The maximum absolute atomic E-state index is 13.7. The number of nitrogens with one attached hydrogen (secondary N) is 1. The minimum atomic E-state index is -0.854. The van der Waals surface area contributed by atoms with Crippen LogP contribution in [0.4, 0.5) is 20.2 Å². The molecule has 0 aromatic heterocycles. The first kappa shape index (κ1) is 18.8. The van der Waals surface area contributed by atoms with E-state index in [-0.39, 0.29) is 24.6 Å². The Kier molecular flexibility index (Phi) is 5.69. The molecule has 1 aliphatic heterocycles. The first-order valence-corrected chi connectivity index (χ1v) is 8.77. The predicted octanol–water partition coefficient (Wildman–Crippen LogP) is 3.75. The number of halogens is 2. The van der Waals surface area contributed by atoms with Gasteiger partial charge in [0, 0.05) is 24.7 Å². The summed E-state index contributed by atoms with van der Waals surface area (Å²) in [7, 11) is 0. The summed E-state index contributed by atoms with van der Waals surface area (Å²) in [6, 6.07) is 10.0. The van der Waals surface area contributed by atoms with Crippen molar-refractivity contribution in [2.45, 2.75) is 19.8 Å². The highest BCUT2D eigenvalue weighted by Crippen LogP contribution is 2.28. The quantitative estimate of drug-likeness (QED) is 0.838. The molecule has 2 aromatic rings. The van der Waals surface area contributed by atoms with E-state index in [0.717, 1.165) is 18.6 Å². The zero-order chi connectivity index (χ0) is 19.4. The fraction of sp³-hybridized carbons (Fsp3) is 0.300. The number of ether oxygens (including phenoxy) is 1. The lowest BCUT2D eigenvalue weighted by Gasteiger charge is -2.17. The molecule has 27 heavy (non-hydrogen) atoms. The minimum absolute atomic E-state index is 0.0305. The lowest BCUT2D eigenvalue weighted by molar-refractivity contribution is -0.122. The Morgan fingerprint density at radius 3 is 2.63 bits per heavy atom. The van der Waals surface area contributed by atoms with Crippen molar-refractivity contribution in [2.24, 2.45) is 5.92 Å². The molecule has 1 N–H and O–H groups in total. The van der Waals surface area contributed by atoms with Gasteiger partial charge in [-0.2, -0.15) is 0 Å². The Labute approximate surface area is 155 Å². The van der Waals surface area contributed by atoms with Crippen molar-refractivity contribution < 1.29 is 23.1 Å². The highest BCUT2D eigenvalue weighted by molar-refractivity contribution is 6.03. The average Bonchev–Trinajstić information content (AvgIpc) is 3.04. The van der Waals surface area contributed by atoms with Gasteiger partial charge in [-0.25, -0.2) is 8.78 Å². The molecule has 1 heterocycles. The molecule has 2 amide bonds.